The predicted octanol–water partition coefficient (Wildman–Crippen LogP) is 0.957. The highest BCUT2D eigenvalue weighted by Crippen LogP contribution is 2.30. The maximum atomic E-state index is 11.0. The van der Waals surface area contributed by atoms with Gasteiger partial charge in [0.05, 0.1) is 18.1 Å². The van der Waals surface area contributed by atoms with Gasteiger partial charge in [-0.1, -0.05) is 6.07 Å². The van der Waals surface area contributed by atoms with Crippen LogP contribution in [0.3, 0.4) is 0 Å². The summed E-state index contributed by atoms with van der Waals surface area (Å²) in [5.74, 6) is 0.205. The van der Waals surface area contributed by atoms with E-state index in [1.54, 1.807) is 6.07 Å². The lowest BCUT2D eigenvalue weighted by molar-refractivity contribution is -0.385. The molecule has 0 spiro atoms. The van der Waals surface area contributed by atoms with Crippen LogP contribution in [0.15, 0.2) is 18.2 Å². The molecule has 1 aliphatic heterocycles. The van der Waals surface area contributed by atoms with Crippen LogP contribution in [-0.4, -0.2) is 24.6 Å². The van der Waals surface area contributed by atoms with Gasteiger partial charge in [-0.05, 0) is 11.6 Å². The number of methoxy groups -OCH3 is 1. The van der Waals surface area contributed by atoms with E-state index in [-0.39, 0.29) is 23.5 Å². The number of amides is 2. The summed E-state index contributed by atoms with van der Waals surface area (Å²) in [6.45, 7) is 0.419. The van der Waals surface area contributed by atoms with Crippen molar-refractivity contribution in [2.24, 2.45) is 0 Å². The molecular formula is C10H11N3O4. The summed E-state index contributed by atoms with van der Waals surface area (Å²) in [5.41, 5.74) is 0.571. The maximum Gasteiger partial charge on any atom is 0.315 e. The fourth-order valence-electron chi connectivity index (χ4n) is 1.72. The van der Waals surface area contributed by atoms with Gasteiger partial charge in [0.25, 0.3) is 0 Å². The number of rotatable bonds is 3. The van der Waals surface area contributed by atoms with E-state index in [1.807, 2.05) is 0 Å². The van der Waals surface area contributed by atoms with Crippen molar-refractivity contribution in [3.05, 3.63) is 33.9 Å². The van der Waals surface area contributed by atoms with E-state index < -0.39 is 4.92 Å². The number of hydrogen-bond donors (Lipinski definition) is 2. The van der Waals surface area contributed by atoms with Crippen molar-refractivity contribution in [3.63, 3.8) is 0 Å². The van der Waals surface area contributed by atoms with Crippen molar-refractivity contribution in [1.82, 2.24) is 10.6 Å². The molecule has 0 aliphatic carbocycles. The SMILES string of the molecule is COc1ccc([C@H]2CNC(=O)N2)cc1[N+](=O)[O-]. The monoisotopic (exact) mass is 237 g/mol. The third-order valence-electron chi connectivity index (χ3n) is 2.57. The predicted molar refractivity (Wildman–Crippen MR) is 58.9 cm³/mol. The summed E-state index contributed by atoms with van der Waals surface area (Å²) in [6, 6.07) is 4.12. The van der Waals surface area contributed by atoms with Crippen molar-refractivity contribution in [2.75, 3.05) is 13.7 Å². The van der Waals surface area contributed by atoms with E-state index in [1.165, 1.54) is 19.2 Å². The summed E-state index contributed by atoms with van der Waals surface area (Å²) in [5, 5.41) is 16.1. The van der Waals surface area contributed by atoms with Gasteiger partial charge < -0.3 is 15.4 Å². The Kier molecular flexibility index (Phi) is 2.82. The molecule has 0 unspecified atom stereocenters. The number of urea groups is 1. The van der Waals surface area contributed by atoms with Crippen LogP contribution in [0.4, 0.5) is 10.5 Å². The molecule has 2 N–H and O–H groups in total. The van der Waals surface area contributed by atoms with Gasteiger partial charge in [-0.2, -0.15) is 0 Å². The molecule has 7 heteroatoms. The largest absolute Gasteiger partial charge is 0.490 e. The molecular weight excluding hydrogens is 226 g/mol. The second-order valence-corrected chi connectivity index (χ2v) is 3.60. The lowest BCUT2D eigenvalue weighted by Gasteiger charge is -2.10. The number of carbonyl (C=O) groups is 1. The summed E-state index contributed by atoms with van der Waals surface area (Å²) in [6.07, 6.45) is 0. The van der Waals surface area contributed by atoms with Gasteiger partial charge in [-0.15, -0.1) is 0 Å². The average Bonchev–Trinajstić information content (AvgIpc) is 2.75. The minimum atomic E-state index is -0.507. The molecule has 1 fully saturated rings. The molecule has 7 nitrogen and oxygen atoms in total. The van der Waals surface area contributed by atoms with Gasteiger partial charge in [0, 0.05) is 12.6 Å². The van der Waals surface area contributed by atoms with Gasteiger partial charge in [0.1, 0.15) is 0 Å². The number of ether oxygens (including phenoxy) is 1. The highest BCUT2D eigenvalue weighted by molar-refractivity contribution is 5.77. The highest BCUT2D eigenvalue weighted by Gasteiger charge is 2.24. The average molecular weight is 237 g/mol. The quantitative estimate of drug-likeness (QED) is 0.604. The number of benzene rings is 1. The molecule has 2 rings (SSSR count). The normalized spacial score (nSPS) is 18.4. The molecule has 0 radical (unpaired) electrons. The first kappa shape index (κ1) is 11.2. The molecule has 1 atom stereocenters. The molecule has 2 amide bonds. The van der Waals surface area contributed by atoms with Crippen LogP contribution < -0.4 is 15.4 Å². The number of nitro benzene ring substituents is 1. The molecule has 0 aromatic heterocycles. The van der Waals surface area contributed by atoms with Crippen molar-refractivity contribution in [1.29, 1.82) is 0 Å². The van der Waals surface area contributed by atoms with Crippen LogP contribution in [-0.2, 0) is 0 Å². The maximum absolute atomic E-state index is 11.0. The third-order valence-corrected chi connectivity index (χ3v) is 2.57. The second-order valence-electron chi connectivity index (χ2n) is 3.60. The topological polar surface area (TPSA) is 93.5 Å². The van der Waals surface area contributed by atoms with Gasteiger partial charge in [0.15, 0.2) is 5.75 Å². The van der Waals surface area contributed by atoms with Crippen LogP contribution in [0.5, 0.6) is 5.75 Å². The standard InChI is InChI=1S/C10H11N3O4/c1-17-9-3-2-6(4-8(9)13(15)16)7-5-11-10(14)12-7/h2-4,7H,5H2,1H3,(H2,11,12,14)/t7-/m1/s1. The van der Waals surface area contributed by atoms with Crippen molar-refractivity contribution < 1.29 is 14.5 Å². The molecule has 90 valence electrons. The Hall–Kier alpha value is -2.31. The first-order valence-corrected chi connectivity index (χ1v) is 4.98. The molecule has 1 aromatic carbocycles. The number of carbonyl (C=O) groups excluding carboxylic acids is 1. The van der Waals surface area contributed by atoms with E-state index in [4.69, 9.17) is 4.74 Å². The molecule has 0 bridgehead atoms. The minimum absolute atomic E-state index is 0.105. The van der Waals surface area contributed by atoms with Gasteiger partial charge in [0.2, 0.25) is 0 Å². The van der Waals surface area contributed by atoms with Crippen LogP contribution in [0.1, 0.15) is 11.6 Å². The van der Waals surface area contributed by atoms with Crippen molar-refractivity contribution >= 4 is 11.7 Å². The van der Waals surface area contributed by atoms with E-state index in [9.17, 15) is 14.9 Å². The molecule has 1 saturated heterocycles. The van der Waals surface area contributed by atoms with E-state index in [2.05, 4.69) is 10.6 Å². The molecule has 0 saturated carbocycles. The fraction of sp³-hybridized carbons (Fsp3) is 0.300. The Morgan fingerprint density at radius 3 is 2.82 bits per heavy atom. The van der Waals surface area contributed by atoms with Crippen LogP contribution in [0.2, 0.25) is 0 Å². The zero-order valence-corrected chi connectivity index (χ0v) is 9.10. The van der Waals surface area contributed by atoms with Gasteiger partial charge in [-0.3, -0.25) is 10.1 Å². The minimum Gasteiger partial charge on any atom is -0.490 e. The van der Waals surface area contributed by atoms with Crippen molar-refractivity contribution in [2.45, 2.75) is 6.04 Å². The van der Waals surface area contributed by atoms with Crippen LogP contribution in [0, 0.1) is 10.1 Å². The molecule has 1 aromatic rings. The first-order valence-electron chi connectivity index (χ1n) is 4.98. The number of nitrogens with zero attached hydrogens (tertiary/aromatic N) is 1. The summed E-state index contributed by atoms with van der Waals surface area (Å²) >= 11 is 0. The smallest absolute Gasteiger partial charge is 0.315 e. The van der Waals surface area contributed by atoms with Gasteiger partial charge in [-0.25, -0.2) is 4.79 Å². The highest BCUT2D eigenvalue weighted by atomic mass is 16.6. The lowest BCUT2D eigenvalue weighted by atomic mass is 10.1. The van der Waals surface area contributed by atoms with E-state index in [0.29, 0.717) is 12.1 Å². The zero-order chi connectivity index (χ0) is 12.4. The Morgan fingerprint density at radius 2 is 2.29 bits per heavy atom. The van der Waals surface area contributed by atoms with E-state index >= 15 is 0 Å². The molecule has 1 heterocycles. The summed E-state index contributed by atoms with van der Waals surface area (Å²) < 4.78 is 4.90. The Morgan fingerprint density at radius 1 is 1.53 bits per heavy atom. The Bertz CT molecular complexity index is 475. The lowest BCUT2D eigenvalue weighted by Crippen LogP contribution is -2.21. The summed E-state index contributed by atoms with van der Waals surface area (Å²) in [4.78, 5) is 21.3. The van der Waals surface area contributed by atoms with Crippen LogP contribution in [0.25, 0.3) is 0 Å². The fourth-order valence-corrected chi connectivity index (χ4v) is 1.72. The Balaban J connectivity index is 2.33. The van der Waals surface area contributed by atoms with Crippen LogP contribution >= 0.6 is 0 Å². The third kappa shape index (κ3) is 2.12. The van der Waals surface area contributed by atoms with Crippen molar-refractivity contribution in [3.8, 4) is 5.75 Å². The molecule has 1 aliphatic rings. The Labute approximate surface area is 96.9 Å². The molecule has 17 heavy (non-hydrogen) atoms. The van der Waals surface area contributed by atoms with Gasteiger partial charge >= 0.3 is 11.7 Å². The summed E-state index contributed by atoms with van der Waals surface area (Å²) in [7, 11) is 1.38. The zero-order valence-electron chi connectivity index (χ0n) is 9.10. The number of nitro groups is 1. The first-order chi connectivity index (χ1) is 8.11. The number of nitrogens with one attached hydrogen (secondary N) is 2. The second kappa shape index (κ2) is 4.28. The van der Waals surface area contributed by atoms with E-state index in [0.717, 1.165) is 0 Å². The number of hydrogen-bond acceptors (Lipinski definition) is 4.